The van der Waals surface area contributed by atoms with Crippen LogP contribution in [0.4, 0.5) is 11.5 Å². The van der Waals surface area contributed by atoms with Crippen molar-refractivity contribution in [3.8, 4) is 0 Å². The fraction of sp³-hybridized carbons (Fsp3) is 0.400. The van der Waals surface area contributed by atoms with E-state index in [1.807, 2.05) is 20.8 Å². The zero-order valence-corrected chi connectivity index (χ0v) is 10.4. The van der Waals surface area contributed by atoms with Crippen LogP contribution in [0.25, 0.3) is 0 Å². The third-order valence-electron chi connectivity index (χ3n) is 2.51. The van der Waals surface area contributed by atoms with Gasteiger partial charge in [0.1, 0.15) is 5.54 Å². The number of fused-ring (bicyclic) bond motifs is 1. The molecule has 0 aromatic carbocycles. The maximum Gasteiger partial charge on any atom is 0.249 e. The minimum Gasteiger partial charge on any atom is -0.355 e. The van der Waals surface area contributed by atoms with Gasteiger partial charge in [0.15, 0.2) is 5.82 Å². The van der Waals surface area contributed by atoms with Gasteiger partial charge in [-0.1, -0.05) is 0 Å². The third-order valence-corrected chi connectivity index (χ3v) is 3.31. The number of carbonyl (C=O) groups is 1. The van der Waals surface area contributed by atoms with Gasteiger partial charge in [0.05, 0.1) is 5.69 Å². The first kappa shape index (κ1) is 10.4. The fourth-order valence-corrected chi connectivity index (χ4v) is 1.75. The summed E-state index contributed by atoms with van der Waals surface area (Å²) < 4.78 is 0.892. The molecular formula is C10H12BrN3O. The second kappa shape index (κ2) is 3.20. The van der Waals surface area contributed by atoms with E-state index < -0.39 is 5.54 Å². The van der Waals surface area contributed by atoms with Gasteiger partial charge in [-0.3, -0.25) is 4.79 Å². The molecule has 0 atom stereocenters. The van der Waals surface area contributed by atoms with Crippen LogP contribution in [0.15, 0.2) is 10.7 Å². The van der Waals surface area contributed by atoms with Gasteiger partial charge in [0.2, 0.25) is 5.91 Å². The Labute approximate surface area is 96.6 Å². The minimum atomic E-state index is -0.611. The summed E-state index contributed by atoms with van der Waals surface area (Å²) in [5, 5.41) is 5.98. The zero-order chi connectivity index (χ0) is 11.2. The summed E-state index contributed by atoms with van der Waals surface area (Å²) in [6.45, 7) is 5.58. The number of rotatable bonds is 0. The van der Waals surface area contributed by atoms with Gasteiger partial charge in [-0.15, -0.1) is 0 Å². The van der Waals surface area contributed by atoms with Crippen molar-refractivity contribution in [2.75, 3.05) is 10.6 Å². The molecule has 80 valence electrons. The lowest BCUT2D eigenvalue weighted by Gasteiger charge is -2.32. The van der Waals surface area contributed by atoms with E-state index in [-0.39, 0.29) is 5.91 Å². The first-order valence-corrected chi connectivity index (χ1v) is 5.46. The molecule has 0 saturated heterocycles. The maximum atomic E-state index is 11.7. The SMILES string of the molecule is Cc1c(Br)cnc2c1NC(=O)C(C)(C)N2. The number of hydrogen-bond donors (Lipinski definition) is 2. The first-order chi connectivity index (χ1) is 6.92. The molecule has 1 aliphatic rings. The molecular weight excluding hydrogens is 258 g/mol. The van der Waals surface area contributed by atoms with Crippen LogP contribution in [0, 0.1) is 6.92 Å². The van der Waals surface area contributed by atoms with Crippen LogP contribution in [0.1, 0.15) is 19.4 Å². The van der Waals surface area contributed by atoms with Crippen LogP contribution in [0.2, 0.25) is 0 Å². The van der Waals surface area contributed by atoms with Crippen molar-refractivity contribution in [2.45, 2.75) is 26.3 Å². The number of carbonyl (C=O) groups excluding carboxylic acids is 1. The Morgan fingerprint density at radius 1 is 1.47 bits per heavy atom. The van der Waals surface area contributed by atoms with Crippen molar-refractivity contribution in [3.63, 3.8) is 0 Å². The van der Waals surface area contributed by atoms with Gasteiger partial charge in [0.25, 0.3) is 0 Å². The lowest BCUT2D eigenvalue weighted by atomic mass is 10.0. The normalized spacial score (nSPS) is 17.7. The molecule has 2 rings (SSSR count). The summed E-state index contributed by atoms with van der Waals surface area (Å²) in [4.78, 5) is 16.0. The van der Waals surface area contributed by atoms with Crippen molar-refractivity contribution in [1.29, 1.82) is 0 Å². The monoisotopic (exact) mass is 269 g/mol. The Bertz CT molecular complexity index is 443. The molecule has 1 aliphatic heterocycles. The van der Waals surface area contributed by atoms with Crippen LogP contribution in [0.5, 0.6) is 0 Å². The van der Waals surface area contributed by atoms with E-state index in [1.54, 1.807) is 6.20 Å². The summed E-state index contributed by atoms with van der Waals surface area (Å²) in [7, 11) is 0. The van der Waals surface area contributed by atoms with Gasteiger partial charge in [-0.2, -0.15) is 0 Å². The molecule has 0 spiro atoms. The molecule has 1 aromatic rings. The summed E-state index contributed by atoms with van der Waals surface area (Å²) in [6.07, 6.45) is 1.73. The number of hydrogen-bond acceptors (Lipinski definition) is 3. The van der Waals surface area contributed by atoms with E-state index in [2.05, 4.69) is 31.5 Å². The fourth-order valence-electron chi connectivity index (χ4n) is 1.45. The summed E-state index contributed by atoms with van der Waals surface area (Å²) in [5.74, 6) is 0.679. The molecule has 0 saturated carbocycles. The molecule has 2 heterocycles. The molecule has 1 amide bonds. The van der Waals surface area contributed by atoms with Crippen LogP contribution in [0.3, 0.4) is 0 Å². The molecule has 2 N–H and O–H groups in total. The number of nitrogens with zero attached hydrogens (tertiary/aromatic N) is 1. The highest BCUT2D eigenvalue weighted by Gasteiger charge is 2.34. The smallest absolute Gasteiger partial charge is 0.249 e. The average Bonchev–Trinajstić information content (AvgIpc) is 2.15. The predicted octanol–water partition coefficient (Wildman–Crippen LogP) is 2.30. The standard InChI is InChI=1S/C10H12BrN3O/c1-5-6(11)4-12-8-7(5)13-9(15)10(2,3)14-8/h4H,1-3H3,(H,12,14)(H,13,15). The van der Waals surface area contributed by atoms with Crippen molar-refractivity contribution in [3.05, 3.63) is 16.2 Å². The van der Waals surface area contributed by atoms with E-state index in [4.69, 9.17) is 0 Å². The Kier molecular flexibility index (Phi) is 2.22. The quantitative estimate of drug-likeness (QED) is 0.760. The molecule has 4 nitrogen and oxygen atoms in total. The first-order valence-electron chi connectivity index (χ1n) is 4.66. The molecule has 0 fully saturated rings. The van der Waals surface area contributed by atoms with Crippen molar-refractivity contribution < 1.29 is 4.79 Å². The van der Waals surface area contributed by atoms with E-state index >= 15 is 0 Å². The molecule has 0 aliphatic carbocycles. The minimum absolute atomic E-state index is 0.0435. The Hall–Kier alpha value is -1.10. The lowest BCUT2D eigenvalue weighted by Crippen LogP contribution is -2.48. The molecule has 1 aromatic heterocycles. The Balaban J connectivity index is 2.55. The second-order valence-corrected chi connectivity index (χ2v) is 5.01. The molecule has 0 unspecified atom stereocenters. The number of aromatic nitrogens is 1. The van der Waals surface area contributed by atoms with Crippen molar-refractivity contribution >= 4 is 33.3 Å². The van der Waals surface area contributed by atoms with E-state index in [9.17, 15) is 4.79 Å². The summed E-state index contributed by atoms with van der Waals surface area (Å²) in [6, 6.07) is 0. The molecule has 15 heavy (non-hydrogen) atoms. The van der Waals surface area contributed by atoms with Gasteiger partial charge in [0, 0.05) is 10.7 Å². The molecule has 5 heteroatoms. The number of pyridine rings is 1. The van der Waals surface area contributed by atoms with E-state index in [0.29, 0.717) is 0 Å². The number of anilines is 2. The van der Waals surface area contributed by atoms with Gasteiger partial charge < -0.3 is 10.6 Å². The maximum absolute atomic E-state index is 11.7. The average molecular weight is 270 g/mol. The molecule has 0 radical (unpaired) electrons. The second-order valence-electron chi connectivity index (χ2n) is 4.16. The topological polar surface area (TPSA) is 54.0 Å². The highest BCUT2D eigenvalue weighted by Crippen LogP contribution is 2.34. The number of nitrogens with one attached hydrogen (secondary N) is 2. The van der Waals surface area contributed by atoms with Crippen LogP contribution in [-0.2, 0) is 4.79 Å². The zero-order valence-electron chi connectivity index (χ0n) is 8.81. The Morgan fingerprint density at radius 3 is 2.80 bits per heavy atom. The molecule has 0 bridgehead atoms. The van der Waals surface area contributed by atoms with Crippen molar-refractivity contribution in [1.82, 2.24) is 4.98 Å². The van der Waals surface area contributed by atoms with Crippen LogP contribution in [-0.4, -0.2) is 16.4 Å². The Morgan fingerprint density at radius 2 is 2.13 bits per heavy atom. The van der Waals surface area contributed by atoms with Crippen molar-refractivity contribution in [2.24, 2.45) is 0 Å². The van der Waals surface area contributed by atoms with Crippen LogP contribution >= 0.6 is 15.9 Å². The summed E-state index contributed by atoms with van der Waals surface area (Å²) in [5.41, 5.74) is 1.13. The predicted molar refractivity (Wildman–Crippen MR) is 63.0 cm³/mol. The third kappa shape index (κ3) is 1.61. The number of amides is 1. The van der Waals surface area contributed by atoms with Gasteiger partial charge in [-0.25, -0.2) is 4.98 Å². The largest absolute Gasteiger partial charge is 0.355 e. The van der Waals surface area contributed by atoms with E-state index in [0.717, 1.165) is 21.5 Å². The summed E-state index contributed by atoms with van der Waals surface area (Å²) >= 11 is 3.38. The highest BCUT2D eigenvalue weighted by atomic mass is 79.9. The highest BCUT2D eigenvalue weighted by molar-refractivity contribution is 9.10. The van der Waals surface area contributed by atoms with Crippen LogP contribution < -0.4 is 10.6 Å². The lowest BCUT2D eigenvalue weighted by molar-refractivity contribution is -0.119. The van der Waals surface area contributed by atoms with E-state index in [1.165, 1.54) is 0 Å². The van der Waals surface area contributed by atoms with Gasteiger partial charge in [-0.05, 0) is 42.3 Å². The van der Waals surface area contributed by atoms with Gasteiger partial charge >= 0.3 is 0 Å². The number of halogens is 1.